The van der Waals surface area contributed by atoms with E-state index in [1.165, 1.54) is 43.6 Å². The highest BCUT2D eigenvalue weighted by Crippen LogP contribution is 2.24. The van der Waals surface area contributed by atoms with Gasteiger partial charge in [-0.1, -0.05) is 30.3 Å². The molecule has 0 unspecified atom stereocenters. The first-order chi connectivity index (χ1) is 13.8. The first-order valence-electron chi connectivity index (χ1n) is 8.75. The molecule has 0 spiro atoms. The monoisotopic (exact) mass is 433 g/mol. The zero-order valence-electron chi connectivity index (χ0n) is 15.9. The maximum atomic E-state index is 13.4. The summed E-state index contributed by atoms with van der Waals surface area (Å²) in [6.07, 6.45) is 0.0500. The molecule has 1 aromatic heterocycles. The molecule has 0 atom stereocenters. The highest BCUT2D eigenvalue weighted by Gasteiger charge is 2.21. The lowest BCUT2D eigenvalue weighted by Crippen LogP contribution is -2.28. The SMILES string of the molecule is CN(C)S(=O)(=O)c1ccccc1CNC(=O)Cc1csc(-c2cccc(F)c2)n1. The van der Waals surface area contributed by atoms with Crippen molar-refractivity contribution in [2.24, 2.45) is 0 Å². The van der Waals surface area contributed by atoms with Crippen LogP contribution in [0.15, 0.2) is 58.8 Å². The standard InChI is InChI=1S/C20H20FN3O3S2/c1-24(2)29(26,27)18-9-4-3-6-15(18)12-22-19(25)11-17-13-28-20(23-17)14-7-5-8-16(21)10-14/h3-10,13H,11-12H2,1-2H3,(H,22,25). The van der Waals surface area contributed by atoms with E-state index < -0.39 is 10.0 Å². The minimum absolute atomic E-state index is 0.0500. The van der Waals surface area contributed by atoms with Crippen LogP contribution < -0.4 is 5.32 Å². The molecule has 0 radical (unpaired) electrons. The molecule has 1 N–H and O–H groups in total. The van der Waals surface area contributed by atoms with E-state index in [1.54, 1.807) is 35.7 Å². The van der Waals surface area contributed by atoms with Gasteiger partial charge in [-0.3, -0.25) is 4.79 Å². The van der Waals surface area contributed by atoms with Crippen molar-refractivity contribution in [3.63, 3.8) is 0 Å². The van der Waals surface area contributed by atoms with Gasteiger partial charge in [0.1, 0.15) is 10.8 Å². The Morgan fingerprint density at radius 2 is 1.93 bits per heavy atom. The van der Waals surface area contributed by atoms with Crippen LogP contribution in [0.1, 0.15) is 11.3 Å². The molecule has 0 aliphatic rings. The van der Waals surface area contributed by atoms with Gasteiger partial charge in [0.15, 0.2) is 0 Å². The number of thiazole rings is 1. The zero-order chi connectivity index (χ0) is 21.0. The zero-order valence-corrected chi connectivity index (χ0v) is 17.6. The van der Waals surface area contributed by atoms with Crippen molar-refractivity contribution in [3.8, 4) is 10.6 Å². The molecule has 0 fully saturated rings. The van der Waals surface area contributed by atoms with Crippen LogP contribution in [0.4, 0.5) is 4.39 Å². The maximum absolute atomic E-state index is 13.4. The Bertz CT molecular complexity index is 1130. The first kappa shape index (κ1) is 21.1. The normalized spacial score (nSPS) is 11.6. The van der Waals surface area contributed by atoms with E-state index in [1.807, 2.05) is 0 Å². The molecule has 0 aliphatic heterocycles. The topological polar surface area (TPSA) is 79.4 Å². The van der Waals surface area contributed by atoms with Crippen LogP contribution in [0.2, 0.25) is 0 Å². The van der Waals surface area contributed by atoms with E-state index in [0.29, 0.717) is 21.8 Å². The third kappa shape index (κ3) is 5.06. The van der Waals surface area contributed by atoms with Crippen LogP contribution in [-0.4, -0.2) is 37.7 Å². The minimum Gasteiger partial charge on any atom is -0.352 e. The van der Waals surface area contributed by atoms with Crippen LogP contribution in [0, 0.1) is 5.82 Å². The second-order valence-corrected chi connectivity index (χ2v) is 9.48. The Hall–Kier alpha value is -2.62. The van der Waals surface area contributed by atoms with Crippen LogP contribution >= 0.6 is 11.3 Å². The number of nitrogens with zero attached hydrogens (tertiary/aromatic N) is 2. The molecule has 3 aromatic rings. The summed E-state index contributed by atoms with van der Waals surface area (Å²) in [7, 11) is -0.682. The van der Waals surface area contributed by atoms with E-state index in [0.717, 1.165) is 4.31 Å². The van der Waals surface area contributed by atoms with Crippen molar-refractivity contribution in [1.29, 1.82) is 0 Å². The van der Waals surface area contributed by atoms with E-state index >= 15 is 0 Å². The lowest BCUT2D eigenvalue weighted by atomic mass is 10.2. The fraction of sp³-hybridized carbons (Fsp3) is 0.200. The van der Waals surface area contributed by atoms with Crippen LogP contribution in [0.3, 0.4) is 0 Å². The predicted octanol–water partition coefficient (Wildman–Crippen LogP) is 3.06. The highest BCUT2D eigenvalue weighted by molar-refractivity contribution is 7.89. The number of rotatable bonds is 7. The third-order valence-electron chi connectivity index (χ3n) is 4.17. The fourth-order valence-electron chi connectivity index (χ4n) is 2.66. The van der Waals surface area contributed by atoms with E-state index in [2.05, 4.69) is 10.3 Å². The molecule has 0 bridgehead atoms. The van der Waals surface area contributed by atoms with Crippen molar-refractivity contribution in [2.75, 3.05) is 14.1 Å². The lowest BCUT2D eigenvalue weighted by molar-refractivity contribution is -0.120. The van der Waals surface area contributed by atoms with Gasteiger partial charge >= 0.3 is 0 Å². The van der Waals surface area contributed by atoms with Crippen molar-refractivity contribution in [3.05, 3.63) is 71.0 Å². The lowest BCUT2D eigenvalue weighted by Gasteiger charge is -2.15. The van der Waals surface area contributed by atoms with Crippen molar-refractivity contribution >= 4 is 27.3 Å². The molecular weight excluding hydrogens is 413 g/mol. The molecule has 0 saturated heterocycles. The smallest absolute Gasteiger partial charge is 0.242 e. The van der Waals surface area contributed by atoms with E-state index in [4.69, 9.17) is 0 Å². The van der Waals surface area contributed by atoms with Gasteiger partial charge in [-0.15, -0.1) is 11.3 Å². The Kier molecular flexibility index (Phi) is 6.41. The molecular formula is C20H20FN3O3S2. The summed E-state index contributed by atoms with van der Waals surface area (Å²) in [6, 6.07) is 12.7. The predicted molar refractivity (Wildman–Crippen MR) is 110 cm³/mol. The molecule has 9 heteroatoms. The summed E-state index contributed by atoms with van der Waals surface area (Å²) in [5, 5.41) is 5.13. The van der Waals surface area contributed by atoms with Gasteiger partial charge in [0, 0.05) is 31.6 Å². The summed E-state index contributed by atoms with van der Waals surface area (Å²) in [5.41, 5.74) is 1.73. The van der Waals surface area contributed by atoms with Crippen LogP contribution in [0.5, 0.6) is 0 Å². The fourth-order valence-corrected chi connectivity index (χ4v) is 4.59. The number of hydrogen-bond donors (Lipinski definition) is 1. The molecule has 1 amide bonds. The Morgan fingerprint density at radius 1 is 1.17 bits per heavy atom. The highest BCUT2D eigenvalue weighted by atomic mass is 32.2. The van der Waals surface area contributed by atoms with Gasteiger partial charge in [-0.25, -0.2) is 22.1 Å². The van der Waals surface area contributed by atoms with E-state index in [9.17, 15) is 17.6 Å². The second kappa shape index (κ2) is 8.81. The van der Waals surface area contributed by atoms with Gasteiger partial charge < -0.3 is 5.32 Å². The van der Waals surface area contributed by atoms with Crippen molar-refractivity contribution < 1.29 is 17.6 Å². The Morgan fingerprint density at radius 3 is 2.66 bits per heavy atom. The van der Waals surface area contributed by atoms with Gasteiger partial charge in [0.2, 0.25) is 15.9 Å². The summed E-state index contributed by atoms with van der Waals surface area (Å²) >= 11 is 1.33. The van der Waals surface area contributed by atoms with Crippen LogP contribution in [-0.2, 0) is 27.8 Å². The molecule has 6 nitrogen and oxygen atoms in total. The minimum atomic E-state index is -3.60. The average Bonchev–Trinajstić information content (AvgIpc) is 3.15. The van der Waals surface area contributed by atoms with Gasteiger partial charge in [0.25, 0.3) is 0 Å². The molecule has 3 rings (SSSR count). The van der Waals surface area contributed by atoms with Gasteiger partial charge in [-0.05, 0) is 23.8 Å². The average molecular weight is 434 g/mol. The molecule has 0 aliphatic carbocycles. The summed E-state index contributed by atoms with van der Waals surface area (Å²) < 4.78 is 39.4. The molecule has 29 heavy (non-hydrogen) atoms. The largest absolute Gasteiger partial charge is 0.352 e. The number of benzene rings is 2. The van der Waals surface area contributed by atoms with Crippen molar-refractivity contribution in [1.82, 2.24) is 14.6 Å². The number of carbonyl (C=O) groups excluding carboxylic acids is 1. The Balaban J connectivity index is 1.66. The second-order valence-electron chi connectivity index (χ2n) is 6.50. The number of carbonyl (C=O) groups is 1. The number of halogens is 1. The molecule has 0 saturated carbocycles. The summed E-state index contributed by atoms with van der Waals surface area (Å²) in [5.74, 6) is -0.624. The number of amides is 1. The summed E-state index contributed by atoms with van der Waals surface area (Å²) in [6.45, 7) is 0.0863. The first-order valence-corrected chi connectivity index (χ1v) is 11.1. The number of hydrogen-bond acceptors (Lipinski definition) is 5. The number of aromatic nitrogens is 1. The number of nitrogens with one attached hydrogen (secondary N) is 1. The van der Waals surface area contributed by atoms with Crippen molar-refractivity contribution in [2.45, 2.75) is 17.9 Å². The maximum Gasteiger partial charge on any atom is 0.242 e. The van der Waals surface area contributed by atoms with E-state index in [-0.39, 0.29) is 29.6 Å². The molecule has 1 heterocycles. The quantitative estimate of drug-likeness (QED) is 0.621. The van der Waals surface area contributed by atoms with Gasteiger partial charge in [-0.2, -0.15) is 0 Å². The third-order valence-corrected chi connectivity index (χ3v) is 7.03. The number of sulfonamides is 1. The Labute approximate surface area is 173 Å². The van der Waals surface area contributed by atoms with Crippen LogP contribution in [0.25, 0.3) is 10.6 Å². The summed E-state index contributed by atoms with van der Waals surface area (Å²) in [4.78, 5) is 16.9. The molecule has 152 valence electrons. The molecule has 2 aromatic carbocycles. The van der Waals surface area contributed by atoms with Gasteiger partial charge in [0.05, 0.1) is 17.0 Å².